The highest BCUT2D eigenvalue weighted by atomic mass is 16.7. The van der Waals surface area contributed by atoms with Crippen LogP contribution in [-0.2, 0) is 51.2 Å². The van der Waals surface area contributed by atoms with Crippen molar-refractivity contribution in [3.8, 4) is 34.5 Å². The molecule has 4 aromatic carbocycles. The van der Waals surface area contributed by atoms with Crippen LogP contribution >= 0.6 is 0 Å². The van der Waals surface area contributed by atoms with E-state index in [4.69, 9.17) is 56.8 Å². The molecule has 6 amide bonds. The Hall–Kier alpha value is -10.8. The highest BCUT2D eigenvalue weighted by molar-refractivity contribution is 6.08. The number of aliphatic hydroxyl groups is 8. The summed E-state index contributed by atoms with van der Waals surface area (Å²) in [6.07, 6.45) is -19.0. The van der Waals surface area contributed by atoms with Crippen molar-refractivity contribution in [2.75, 3.05) is 70.6 Å². The number of unbranched alkanes of at least 4 members (excludes halogenated alkanes) is 2. The van der Waals surface area contributed by atoms with Crippen LogP contribution in [0.25, 0.3) is 0 Å². The minimum Gasteiger partial charge on any atom is -0.493 e. The summed E-state index contributed by atoms with van der Waals surface area (Å²) in [5.74, 6) is -6.44. The van der Waals surface area contributed by atoms with E-state index >= 15 is 0 Å². The number of carbonyl (C=O) groups is 8. The Morgan fingerprint density at radius 3 is 1.36 bits per heavy atom. The van der Waals surface area contributed by atoms with Crippen LogP contribution < -0.4 is 54.4 Å². The molecule has 39 nitrogen and oxygen atoms in total. The number of aliphatic carboxylic acids is 2. The summed E-state index contributed by atoms with van der Waals surface area (Å²) in [4.78, 5) is 114. The maximum absolute atomic E-state index is 14.6. The lowest BCUT2D eigenvalue weighted by Crippen LogP contribution is -2.61. The molecule has 4 aromatic rings. The van der Waals surface area contributed by atoms with E-state index in [0.29, 0.717) is 30.4 Å². The third kappa shape index (κ3) is 17.4. The molecule has 2 unspecified atom stereocenters. The molecule has 14 atom stereocenters. The quantitative estimate of drug-likeness (QED) is 0.0321. The molecule has 7 aliphatic rings. The van der Waals surface area contributed by atoms with Gasteiger partial charge in [0.25, 0.3) is 23.6 Å². The smallest absolute Gasteiger partial charge is 0.416 e. The van der Waals surface area contributed by atoms with Gasteiger partial charge in [0.15, 0.2) is 47.7 Å². The molecule has 7 aliphatic heterocycles. The third-order valence-corrected chi connectivity index (χ3v) is 18.7. The lowest BCUT2D eigenvalue weighted by molar-refractivity contribution is -0.271. The summed E-state index contributed by atoms with van der Waals surface area (Å²) < 4.78 is 68.4. The van der Waals surface area contributed by atoms with Gasteiger partial charge in [-0.1, -0.05) is 23.3 Å². The van der Waals surface area contributed by atoms with Gasteiger partial charge in [0, 0.05) is 44.7 Å². The first-order chi connectivity index (χ1) is 52.7. The topological polar surface area (TPSA) is 523 Å². The third-order valence-electron chi connectivity index (χ3n) is 18.7. The first-order valence-electron chi connectivity index (χ1n) is 34.6. The molecule has 0 spiro atoms. The van der Waals surface area contributed by atoms with Crippen molar-refractivity contribution in [3.05, 3.63) is 118 Å². The number of ether oxygens (including phenoxy) is 12. The predicted octanol–water partition coefficient (Wildman–Crippen LogP) is 0.127. The predicted molar refractivity (Wildman–Crippen MR) is 374 cm³/mol. The Bertz CT molecular complexity index is 4240. The number of amides is 6. The number of aliphatic hydroxyl groups excluding tert-OH is 8. The summed E-state index contributed by atoms with van der Waals surface area (Å²) in [5.41, 5.74) is 3.22. The second-order valence-corrected chi connectivity index (χ2v) is 26.3. The van der Waals surface area contributed by atoms with E-state index < -0.39 is 153 Å². The molecule has 2 saturated heterocycles. The second kappa shape index (κ2) is 35.3. The summed E-state index contributed by atoms with van der Waals surface area (Å²) in [7, 11) is 4.08. The monoisotopic (exact) mass is 1540 g/mol. The number of hydrazone groups is 2. The number of carboxylic acids is 2. The van der Waals surface area contributed by atoms with E-state index in [1.807, 2.05) is 0 Å². The number of hydrogen-bond donors (Lipinski definition) is 13. The molecule has 2 fully saturated rings. The van der Waals surface area contributed by atoms with Crippen LogP contribution in [0.3, 0.4) is 0 Å². The van der Waals surface area contributed by atoms with Gasteiger partial charge in [-0.25, -0.2) is 29.0 Å². The molecule has 7 heterocycles. The van der Waals surface area contributed by atoms with E-state index in [1.165, 1.54) is 104 Å². The summed E-state index contributed by atoms with van der Waals surface area (Å²) >= 11 is 0. The van der Waals surface area contributed by atoms with Gasteiger partial charge in [0.05, 0.1) is 98.8 Å². The van der Waals surface area contributed by atoms with Gasteiger partial charge in [0.2, 0.25) is 12.6 Å². The molecule has 110 heavy (non-hydrogen) atoms. The molecular formula is C71H83N9O30. The zero-order valence-electron chi connectivity index (χ0n) is 59.8. The van der Waals surface area contributed by atoms with Crippen LogP contribution in [0.4, 0.5) is 21.0 Å². The first kappa shape index (κ1) is 80.2. The van der Waals surface area contributed by atoms with Crippen molar-refractivity contribution in [1.82, 2.24) is 26.0 Å². The van der Waals surface area contributed by atoms with Crippen LogP contribution in [0.5, 0.6) is 34.5 Å². The molecule has 11 rings (SSSR count). The van der Waals surface area contributed by atoms with Gasteiger partial charge >= 0.3 is 24.1 Å². The number of nitrogens with zero attached hydrogens (tertiary/aromatic N) is 6. The van der Waals surface area contributed by atoms with Gasteiger partial charge in [-0.2, -0.15) is 15.7 Å². The molecule has 592 valence electrons. The largest absolute Gasteiger partial charge is 0.493 e. The van der Waals surface area contributed by atoms with Crippen molar-refractivity contribution in [1.29, 1.82) is 0 Å². The average Bonchev–Trinajstić information content (AvgIpc) is 1.59. The second-order valence-electron chi connectivity index (χ2n) is 26.3. The zero-order chi connectivity index (χ0) is 78.9. The Labute approximate surface area is 625 Å². The van der Waals surface area contributed by atoms with Crippen molar-refractivity contribution < 1.29 is 146 Å². The van der Waals surface area contributed by atoms with Crippen LogP contribution in [0.1, 0.15) is 98.5 Å². The number of fused-ring (bicyclic) bond motifs is 4. The lowest BCUT2D eigenvalue weighted by atomic mass is 9.99. The van der Waals surface area contributed by atoms with E-state index in [0.717, 1.165) is 9.80 Å². The highest BCUT2D eigenvalue weighted by Gasteiger charge is 2.52. The molecule has 0 aromatic heterocycles. The van der Waals surface area contributed by atoms with Crippen LogP contribution in [0, 0.1) is 0 Å². The number of hydrogen-bond acceptors (Lipinski definition) is 31. The Morgan fingerprint density at radius 2 is 0.955 bits per heavy atom. The van der Waals surface area contributed by atoms with Crippen molar-refractivity contribution in [2.24, 2.45) is 10.2 Å². The molecule has 0 aliphatic carbocycles. The molecule has 13 N–H and O–H groups in total. The van der Waals surface area contributed by atoms with Gasteiger partial charge in [-0.15, -0.1) is 0 Å². The number of carbonyl (C=O) groups excluding carboxylic acids is 6. The van der Waals surface area contributed by atoms with Gasteiger partial charge in [-0.3, -0.25) is 19.2 Å². The molecule has 39 heteroatoms. The fraction of sp³-hybridized carbons (Fsp3) is 0.465. The van der Waals surface area contributed by atoms with Crippen molar-refractivity contribution in [3.63, 3.8) is 0 Å². The van der Waals surface area contributed by atoms with Crippen molar-refractivity contribution >= 4 is 71.6 Å². The van der Waals surface area contributed by atoms with E-state index in [1.54, 1.807) is 26.2 Å². The lowest BCUT2D eigenvalue weighted by Gasteiger charge is -2.38. The number of rotatable bonds is 29. The molecular weight excluding hydrogens is 1460 g/mol. The summed E-state index contributed by atoms with van der Waals surface area (Å²) in [6.45, 7) is 2.32. The normalized spacial score (nSPS) is 25.4. The Kier molecular flexibility index (Phi) is 25.7. The van der Waals surface area contributed by atoms with Crippen molar-refractivity contribution in [2.45, 2.75) is 151 Å². The Balaban J connectivity index is 0.768. The minimum atomic E-state index is -2.05. The standard InChI is InChI=1S/C71H83N9O30/c1-33-19-44-64(91)79(70(97)105-31-35-9-11-46(40(21-35)60(87)72-13-17-99-3)107-68-56(85)52(81)54(83)58(109-68)66(93)94)42-25-50(48(100-4)23-38(42)62(89)77(44)29-33)103-15-7-6-8-16-104-51-26-43-39(24-49(51)101-5)63(90)78-30-34(2)20-45(78)65(92)80(43)71(98)106-32-36-10-12-47(108-69-57(86)53(82)55(84)59(110-69)67(95)96)41(22-36)61(88)73-14-18-102-37-27-74-76-75-28-37/h9-12,21-30,37,44-45,52-59,64-65,68-69,76,81-86,91-92H,6-8,13-20,31-32H2,1-5H3,(H,72,87)(H,73,88)(H,93,94)(H,95,96)/t44-,45-,52-,53-,54-,55-,56+,57+,58-,59-,64?,65?,68+,69+/m0/s1. The highest BCUT2D eigenvalue weighted by Crippen LogP contribution is 2.45. The number of benzene rings is 4. The number of methoxy groups -OCH3 is 3. The fourth-order valence-corrected chi connectivity index (χ4v) is 13.1. The first-order valence-corrected chi connectivity index (χ1v) is 34.6. The number of anilines is 2. The van der Waals surface area contributed by atoms with E-state index in [-0.39, 0.29) is 132 Å². The number of carboxylic acid groups (broad SMARTS) is 2. The maximum atomic E-state index is 14.6. The van der Waals surface area contributed by atoms with Crippen LogP contribution in [-0.4, -0.2) is 274 Å². The van der Waals surface area contributed by atoms with Crippen LogP contribution in [0.2, 0.25) is 0 Å². The fourth-order valence-electron chi connectivity index (χ4n) is 13.1. The van der Waals surface area contributed by atoms with E-state index in [9.17, 15) is 89.4 Å². The Morgan fingerprint density at radius 1 is 0.527 bits per heavy atom. The van der Waals surface area contributed by atoms with Crippen LogP contribution in [0.15, 0.2) is 94.4 Å². The molecule has 0 radical (unpaired) electrons. The van der Waals surface area contributed by atoms with Gasteiger partial charge in [-0.05, 0) is 93.5 Å². The maximum Gasteiger partial charge on any atom is 0.416 e. The summed E-state index contributed by atoms with van der Waals surface area (Å²) in [6, 6.07) is 11.1. The summed E-state index contributed by atoms with van der Waals surface area (Å²) in [5, 5.41) is 119. The molecule has 0 saturated carbocycles. The van der Waals surface area contributed by atoms with Gasteiger partial charge < -0.3 is 128 Å². The number of nitrogens with one attached hydrogen (secondary N) is 3. The minimum absolute atomic E-state index is 0.00326. The van der Waals surface area contributed by atoms with Gasteiger partial charge in [0.1, 0.15) is 67.4 Å². The molecule has 0 bridgehead atoms. The SMILES string of the molecule is COCCNC(=O)c1cc(COC(=O)N2c3cc(OCCCCCOc4cc5c(cc4OC)C(=O)N4C=C(C)C[C@H]4C(O)N5C(=O)OCc4ccc(O[C@@H]5O[C@H](C(=O)O)[C@@H](O)[C@H](O)[C@H]5O)c(C(=O)NCCOC5C=NNN=C5)c4)c(OC)cc3C(=O)N3C=C(C)C[C@H]3C2O)ccc1O[C@@H]1O[C@H](C(=O)O)[C@@H](O)[C@H](O)[C@H]1O. The average molecular weight is 1540 g/mol. The van der Waals surface area contributed by atoms with E-state index in [2.05, 4.69) is 26.4 Å². The zero-order valence-corrected chi connectivity index (χ0v) is 59.8.